The molecule has 2 aliphatic rings. The maximum Gasteiger partial charge on any atom is 0.228 e. The van der Waals surface area contributed by atoms with E-state index < -0.39 is 0 Å². The Hall–Kier alpha value is -1.06. The summed E-state index contributed by atoms with van der Waals surface area (Å²) in [6.45, 7) is 4.74. The van der Waals surface area contributed by atoms with E-state index in [-0.39, 0.29) is 17.7 Å². The van der Waals surface area contributed by atoms with Gasteiger partial charge < -0.3 is 10.2 Å². The van der Waals surface area contributed by atoms with Crippen molar-refractivity contribution in [3.8, 4) is 0 Å². The van der Waals surface area contributed by atoms with Crippen molar-refractivity contribution < 1.29 is 9.59 Å². The Bertz CT molecular complexity index is 293. The molecule has 2 rings (SSSR count). The number of nitrogens with zero attached hydrogens (tertiary/aromatic N) is 1. The summed E-state index contributed by atoms with van der Waals surface area (Å²) in [5, 5.41) is 2.73. The summed E-state index contributed by atoms with van der Waals surface area (Å²) in [7, 11) is 0. The largest absolute Gasteiger partial charge is 0.355 e. The fourth-order valence-corrected chi connectivity index (χ4v) is 2.85. The Kier molecular flexibility index (Phi) is 3.17. The zero-order chi connectivity index (χ0) is 11.7. The SMILES string of the molecule is C[C@@H]1CCC[C@H](C)N1C(=O)C1CNC(=O)C1. The number of amides is 2. The fraction of sp³-hybridized carbons (Fsp3) is 0.833. The summed E-state index contributed by atoms with van der Waals surface area (Å²) in [5.41, 5.74) is 0. The van der Waals surface area contributed by atoms with Gasteiger partial charge in [0.05, 0.1) is 5.92 Å². The van der Waals surface area contributed by atoms with Crippen molar-refractivity contribution >= 4 is 11.8 Å². The van der Waals surface area contributed by atoms with Crippen molar-refractivity contribution in [2.24, 2.45) is 5.92 Å². The van der Waals surface area contributed by atoms with Crippen molar-refractivity contribution in [3.63, 3.8) is 0 Å². The van der Waals surface area contributed by atoms with E-state index in [4.69, 9.17) is 0 Å². The Morgan fingerprint density at radius 2 is 1.94 bits per heavy atom. The van der Waals surface area contributed by atoms with Crippen molar-refractivity contribution in [2.75, 3.05) is 6.54 Å². The van der Waals surface area contributed by atoms with Crippen molar-refractivity contribution in [2.45, 2.75) is 51.6 Å². The van der Waals surface area contributed by atoms with Crippen LogP contribution >= 0.6 is 0 Å². The second kappa shape index (κ2) is 4.44. The highest BCUT2D eigenvalue weighted by atomic mass is 16.2. The molecule has 16 heavy (non-hydrogen) atoms. The Morgan fingerprint density at radius 1 is 1.31 bits per heavy atom. The normalized spacial score (nSPS) is 35.0. The van der Waals surface area contributed by atoms with Gasteiger partial charge in [0, 0.05) is 25.0 Å². The van der Waals surface area contributed by atoms with Crippen LogP contribution in [0.4, 0.5) is 0 Å². The quantitative estimate of drug-likeness (QED) is 0.720. The minimum absolute atomic E-state index is 0.00988. The molecular weight excluding hydrogens is 204 g/mol. The second-order valence-electron chi connectivity index (χ2n) is 5.08. The van der Waals surface area contributed by atoms with E-state index in [1.807, 2.05) is 4.90 Å². The molecule has 1 N–H and O–H groups in total. The van der Waals surface area contributed by atoms with E-state index in [2.05, 4.69) is 19.2 Å². The van der Waals surface area contributed by atoms with E-state index in [9.17, 15) is 9.59 Å². The number of hydrogen-bond acceptors (Lipinski definition) is 2. The van der Waals surface area contributed by atoms with Crippen LogP contribution in [0.5, 0.6) is 0 Å². The lowest BCUT2D eigenvalue weighted by Gasteiger charge is -2.40. The molecule has 2 saturated heterocycles. The van der Waals surface area contributed by atoms with Crippen LogP contribution in [0.2, 0.25) is 0 Å². The standard InChI is InChI=1S/C12H20N2O2/c1-8-4-3-5-9(2)14(8)12(16)10-6-11(15)13-7-10/h8-10H,3-7H2,1-2H3,(H,13,15)/t8-,9+,10?. The van der Waals surface area contributed by atoms with Crippen LogP contribution in [0.1, 0.15) is 39.5 Å². The first-order chi connectivity index (χ1) is 7.59. The maximum atomic E-state index is 12.3. The minimum atomic E-state index is -0.129. The summed E-state index contributed by atoms with van der Waals surface area (Å²) >= 11 is 0. The molecule has 2 aliphatic heterocycles. The fourth-order valence-electron chi connectivity index (χ4n) is 2.85. The lowest BCUT2D eigenvalue weighted by atomic mass is 9.95. The van der Waals surface area contributed by atoms with Crippen LogP contribution < -0.4 is 5.32 Å². The average molecular weight is 224 g/mol. The molecule has 2 fully saturated rings. The van der Waals surface area contributed by atoms with Gasteiger partial charge in [0.25, 0.3) is 0 Å². The number of likely N-dealkylation sites (tertiary alicyclic amines) is 1. The Balaban J connectivity index is 2.04. The molecule has 0 aromatic heterocycles. The first-order valence-electron chi connectivity index (χ1n) is 6.18. The molecule has 3 atom stereocenters. The first-order valence-corrected chi connectivity index (χ1v) is 6.18. The van der Waals surface area contributed by atoms with Gasteiger partial charge in [-0.05, 0) is 33.1 Å². The van der Waals surface area contributed by atoms with E-state index in [0.29, 0.717) is 25.0 Å². The third-order valence-corrected chi connectivity index (χ3v) is 3.77. The van der Waals surface area contributed by atoms with E-state index in [1.165, 1.54) is 6.42 Å². The molecule has 0 aromatic carbocycles. The molecule has 0 aromatic rings. The van der Waals surface area contributed by atoms with Gasteiger partial charge >= 0.3 is 0 Å². The Morgan fingerprint density at radius 3 is 2.44 bits per heavy atom. The van der Waals surface area contributed by atoms with Crippen molar-refractivity contribution in [1.82, 2.24) is 10.2 Å². The van der Waals surface area contributed by atoms with Gasteiger partial charge in [-0.15, -0.1) is 0 Å². The van der Waals surface area contributed by atoms with Gasteiger partial charge in [0.1, 0.15) is 0 Å². The zero-order valence-corrected chi connectivity index (χ0v) is 10.0. The highest BCUT2D eigenvalue weighted by Crippen LogP contribution is 2.25. The first kappa shape index (κ1) is 11.4. The van der Waals surface area contributed by atoms with Crippen molar-refractivity contribution in [1.29, 1.82) is 0 Å². The maximum absolute atomic E-state index is 12.3. The zero-order valence-electron chi connectivity index (χ0n) is 10.0. The number of hydrogen-bond donors (Lipinski definition) is 1. The molecule has 1 unspecified atom stereocenters. The van der Waals surface area contributed by atoms with Gasteiger partial charge in [-0.3, -0.25) is 9.59 Å². The van der Waals surface area contributed by atoms with Gasteiger partial charge in [-0.1, -0.05) is 0 Å². The molecule has 0 saturated carbocycles. The van der Waals surface area contributed by atoms with E-state index in [1.54, 1.807) is 0 Å². The third-order valence-electron chi connectivity index (χ3n) is 3.77. The molecule has 0 radical (unpaired) electrons. The van der Waals surface area contributed by atoms with Crippen LogP contribution in [0, 0.1) is 5.92 Å². The highest BCUT2D eigenvalue weighted by Gasteiger charge is 2.36. The number of carbonyl (C=O) groups excluding carboxylic acids is 2. The lowest BCUT2D eigenvalue weighted by Crippen LogP contribution is -2.50. The Labute approximate surface area is 96.4 Å². The van der Waals surface area contributed by atoms with Crippen molar-refractivity contribution in [3.05, 3.63) is 0 Å². The molecular formula is C12H20N2O2. The molecule has 0 spiro atoms. The number of piperidine rings is 1. The van der Waals surface area contributed by atoms with Crippen LogP contribution in [-0.2, 0) is 9.59 Å². The van der Waals surface area contributed by atoms with Gasteiger partial charge in [-0.25, -0.2) is 0 Å². The highest BCUT2D eigenvalue weighted by molar-refractivity contribution is 5.89. The topological polar surface area (TPSA) is 49.4 Å². The average Bonchev–Trinajstić information content (AvgIpc) is 2.64. The molecule has 4 heteroatoms. The van der Waals surface area contributed by atoms with Gasteiger partial charge in [-0.2, -0.15) is 0 Å². The van der Waals surface area contributed by atoms with E-state index >= 15 is 0 Å². The summed E-state index contributed by atoms with van der Waals surface area (Å²) in [4.78, 5) is 25.4. The third kappa shape index (κ3) is 2.06. The summed E-state index contributed by atoms with van der Waals surface area (Å²) in [5.74, 6) is 0.0456. The number of carbonyl (C=O) groups is 2. The van der Waals surface area contributed by atoms with Gasteiger partial charge in [0.15, 0.2) is 0 Å². The molecule has 90 valence electrons. The summed E-state index contributed by atoms with van der Waals surface area (Å²) in [6.07, 6.45) is 3.75. The number of rotatable bonds is 1. The van der Waals surface area contributed by atoms with Crippen LogP contribution in [-0.4, -0.2) is 35.3 Å². The minimum Gasteiger partial charge on any atom is -0.355 e. The van der Waals surface area contributed by atoms with Crippen LogP contribution in [0.15, 0.2) is 0 Å². The van der Waals surface area contributed by atoms with Gasteiger partial charge in [0.2, 0.25) is 11.8 Å². The second-order valence-corrected chi connectivity index (χ2v) is 5.08. The summed E-state index contributed by atoms with van der Waals surface area (Å²) < 4.78 is 0. The van der Waals surface area contributed by atoms with Crippen LogP contribution in [0.25, 0.3) is 0 Å². The molecule has 0 aliphatic carbocycles. The van der Waals surface area contributed by atoms with Crippen LogP contribution in [0.3, 0.4) is 0 Å². The molecule has 4 nitrogen and oxygen atoms in total. The smallest absolute Gasteiger partial charge is 0.228 e. The molecule has 0 bridgehead atoms. The predicted octanol–water partition coefficient (Wildman–Crippen LogP) is 0.912. The summed E-state index contributed by atoms with van der Waals surface area (Å²) in [6, 6.07) is 0.652. The lowest BCUT2D eigenvalue weighted by molar-refractivity contribution is -0.141. The number of nitrogens with one attached hydrogen (secondary N) is 1. The molecule has 2 amide bonds. The van der Waals surface area contributed by atoms with E-state index in [0.717, 1.165) is 12.8 Å². The predicted molar refractivity (Wildman–Crippen MR) is 60.7 cm³/mol. The molecule has 2 heterocycles. The monoisotopic (exact) mass is 224 g/mol.